The highest BCUT2D eigenvalue weighted by Crippen LogP contribution is 2.28. The number of aryl methyl sites for hydroxylation is 2. The van der Waals surface area contributed by atoms with E-state index in [2.05, 4.69) is 21.3 Å². The van der Waals surface area contributed by atoms with Gasteiger partial charge in [-0.25, -0.2) is 9.59 Å². The van der Waals surface area contributed by atoms with Crippen LogP contribution in [0.1, 0.15) is 11.1 Å². The maximum absolute atomic E-state index is 12.3. The van der Waals surface area contributed by atoms with E-state index in [1.54, 1.807) is 36.4 Å². The molecule has 0 heterocycles. The second kappa shape index (κ2) is 13.6. The largest absolute Gasteiger partial charge is 0.495 e. The van der Waals surface area contributed by atoms with Gasteiger partial charge in [-0.15, -0.1) is 0 Å². The number of carbonyl (C=O) groups excluding carboxylic acids is 2. The summed E-state index contributed by atoms with van der Waals surface area (Å²) in [7, 11) is 3.06. The molecule has 0 aliphatic rings. The van der Waals surface area contributed by atoms with Gasteiger partial charge in [0.05, 0.1) is 24.3 Å². The van der Waals surface area contributed by atoms with E-state index in [0.717, 1.165) is 24.0 Å². The van der Waals surface area contributed by atoms with Gasteiger partial charge in [0.25, 0.3) is 0 Å². The predicted molar refractivity (Wildman–Crippen MR) is 162 cm³/mol. The molecule has 4 amide bonds. The van der Waals surface area contributed by atoms with Crippen LogP contribution in [0, 0.1) is 0 Å². The molecule has 8 nitrogen and oxygen atoms in total. The lowest BCUT2D eigenvalue weighted by molar-refractivity contribution is 0.261. The van der Waals surface area contributed by atoms with E-state index in [9.17, 15) is 9.59 Å². The van der Waals surface area contributed by atoms with Gasteiger partial charge in [-0.2, -0.15) is 0 Å². The minimum atomic E-state index is -0.371. The Morgan fingerprint density at radius 1 is 0.550 bits per heavy atom. The van der Waals surface area contributed by atoms with E-state index in [-0.39, 0.29) is 12.1 Å². The number of methoxy groups -OCH3 is 2. The molecule has 4 aromatic rings. The molecule has 4 rings (SSSR count). The molecular weight excluding hydrogens is 551 g/mol. The second-order valence-electron chi connectivity index (χ2n) is 8.75. The Kier molecular flexibility index (Phi) is 9.72. The Bertz CT molecular complexity index is 1370. The molecule has 0 aromatic heterocycles. The number of carbonyl (C=O) groups is 2. The van der Waals surface area contributed by atoms with Gasteiger partial charge < -0.3 is 30.7 Å². The van der Waals surface area contributed by atoms with Crippen molar-refractivity contribution in [1.82, 2.24) is 0 Å². The smallest absolute Gasteiger partial charge is 0.323 e. The highest BCUT2D eigenvalue weighted by Gasteiger charge is 2.08. The van der Waals surface area contributed by atoms with Crippen molar-refractivity contribution in [2.24, 2.45) is 0 Å². The Labute approximate surface area is 242 Å². The van der Waals surface area contributed by atoms with Crippen LogP contribution in [0.5, 0.6) is 11.5 Å². The molecule has 0 aliphatic carbocycles. The summed E-state index contributed by atoms with van der Waals surface area (Å²) in [6.45, 7) is 0. The van der Waals surface area contributed by atoms with Gasteiger partial charge >= 0.3 is 12.1 Å². The molecule has 0 saturated carbocycles. The normalized spacial score (nSPS) is 10.4. The SMILES string of the molecule is COc1ccc(NC(=O)Nc2ccc(CCc3ccc(NC(=O)Nc4ccc(OC)c(Cl)c4)cc3)cc2)cc1Cl. The number of rotatable bonds is 9. The third kappa shape index (κ3) is 8.05. The monoisotopic (exact) mass is 578 g/mol. The van der Waals surface area contributed by atoms with Crippen molar-refractivity contribution in [3.8, 4) is 11.5 Å². The van der Waals surface area contributed by atoms with E-state index in [1.807, 2.05) is 48.5 Å². The zero-order valence-corrected chi connectivity index (χ0v) is 23.4. The summed E-state index contributed by atoms with van der Waals surface area (Å²) in [5.74, 6) is 1.07. The first-order valence-corrected chi connectivity index (χ1v) is 13.1. The Hall–Kier alpha value is -4.40. The van der Waals surface area contributed by atoms with Crippen molar-refractivity contribution in [1.29, 1.82) is 0 Å². The standard InChI is InChI=1S/C30H28Cl2N4O4/c1-39-27-15-13-23(17-25(27)31)35-29(37)33-21-9-5-19(6-10-21)3-4-20-7-11-22(12-8-20)34-30(38)36-24-14-16-28(40-2)26(32)18-24/h5-18H,3-4H2,1-2H3,(H2,33,35,37)(H2,34,36,38). The lowest BCUT2D eigenvalue weighted by atomic mass is 10.0. The summed E-state index contributed by atoms with van der Waals surface area (Å²) in [6.07, 6.45) is 1.64. The van der Waals surface area contributed by atoms with Crippen LogP contribution in [-0.2, 0) is 12.8 Å². The van der Waals surface area contributed by atoms with Crippen molar-refractivity contribution in [3.05, 3.63) is 106 Å². The number of hydrogen-bond donors (Lipinski definition) is 4. The summed E-state index contributed by atoms with van der Waals surface area (Å²) in [6, 6.07) is 24.7. The third-order valence-corrected chi connectivity index (χ3v) is 6.54. The topological polar surface area (TPSA) is 101 Å². The van der Waals surface area contributed by atoms with Crippen molar-refractivity contribution in [2.75, 3.05) is 35.5 Å². The molecule has 4 aromatic carbocycles. The number of ether oxygens (including phenoxy) is 2. The van der Waals surface area contributed by atoms with Crippen LogP contribution in [0.4, 0.5) is 32.3 Å². The minimum absolute atomic E-state index is 0.371. The third-order valence-electron chi connectivity index (χ3n) is 5.95. The fourth-order valence-electron chi connectivity index (χ4n) is 3.87. The summed E-state index contributed by atoms with van der Waals surface area (Å²) < 4.78 is 10.2. The highest BCUT2D eigenvalue weighted by atomic mass is 35.5. The Morgan fingerprint density at radius 3 is 1.20 bits per heavy atom. The number of urea groups is 2. The summed E-state index contributed by atoms with van der Waals surface area (Å²) in [5, 5.41) is 11.9. The predicted octanol–water partition coefficient (Wildman–Crippen LogP) is 8.08. The first kappa shape index (κ1) is 28.6. The van der Waals surface area contributed by atoms with E-state index >= 15 is 0 Å². The van der Waals surface area contributed by atoms with Crippen LogP contribution in [0.15, 0.2) is 84.9 Å². The quantitative estimate of drug-likeness (QED) is 0.161. The minimum Gasteiger partial charge on any atom is -0.495 e. The molecule has 0 unspecified atom stereocenters. The molecule has 10 heteroatoms. The van der Waals surface area contributed by atoms with Crippen molar-refractivity contribution in [3.63, 3.8) is 0 Å². The van der Waals surface area contributed by atoms with Crippen LogP contribution in [0.25, 0.3) is 0 Å². The number of nitrogens with one attached hydrogen (secondary N) is 4. The van der Waals surface area contributed by atoms with Gasteiger partial charge in [0, 0.05) is 22.7 Å². The number of anilines is 4. The lowest BCUT2D eigenvalue weighted by Gasteiger charge is -2.11. The molecule has 0 spiro atoms. The summed E-state index contributed by atoms with van der Waals surface area (Å²) in [5.41, 5.74) is 4.73. The molecule has 0 radical (unpaired) electrons. The van der Waals surface area contributed by atoms with Gasteiger partial charge in [-0.05, 0) is 84.6 Å². The molecule has 0 saturated heterocycles. The van der Waals surface area contributed by atoms with Crippen LogP contribution in [0.2, 0.25) is 10.0 Å². The second-order valence-corrected chi connectivity index (χ2v) is 9.57. The van der Waals surface area contributed by atoms with Crippen molar-refractivity contribution < 1.29 is 19.1 Å². The molecule has 206 valence electrons. The van der Waals surface area contributed by atoms with Gasteiger partial charge in [-0.1, -0.05) is 47.5 Å². The zero-order valence-electron chi connectivity index (χ0n) is 21.9. The highest BCUT2D eigenvalue weighted by molar-refractivity contribution is 6.32. The van der Waals surface area contributed by atoms with Crippen LogP contribution in [-0.4, -0.2) is 26.3 Å². The average molecular weight is 579 g/mol. The molecule has 0 bridgehead atoms. The van der Waals surface area contributed by atoms with Crippen molar-refractivity contribution in [2.45, 2.75) is 12.8 Å². The van der Waals surface area contributed by atoms with Crippen LogP contribution < -0.4 is 30.7 Å². The maximum Gasteiger partial charge on any atom is 0.323 e. The van der Waals surface area contributed by atoms with E-state index in [1.165, 1.54) is 14.2 Å². The zero-order chi connectivity index (χ0) is 28.5. The number of halogens is 2. The van der Waals surface area contributed by atoms with Gasteiger partial charge in [0.1, 0.15) is 11.5 Å². The Morgan fingerprint density at radius 2 is 0.875 bits per heavy atom. The summed E-state index contributed by atoms with van der Waals surface area (Å²) >= 11 is 12.2. The Balaban J connectivity index is 1.22. The van der Waals surface area contributed by atoms with Gasteiger partial charge in [0.2, 0.25) is 0 Å². The molecule has 0 atom stereocenters. The molecular formula is C30H28Cl2N4O4. The molecule has 0 aliphatic heterocycles. The lowest BCUT2D eigenvalue weighted by Crippen LogP contribution is -2.19. The van der Waals surface area contributed by atoms with E-state index < -0.39 is 0 Å². The van der Waals surface area contributed by atoms with E-state index in [4.69, 9.17) is 32.7 Å². The molecule has 0 fully saturated rings. The van der Waals surface area contributed by atoms with Gasteiger partial charge in [-0.3, -0.25) is 0 Å². The van der Waals surface area contributed by atoms with Crippen molar-refractivity contribution >= 4 is 58.0 Å². The molecule has 40 heavy (non-hydrogen) atoms. The first-order valence-electron chi connectivity index (χ1n) is 12.3. The number of benzene rings is 4. The molecule has 4 N–H and O–H groups in total. The van der Waals surface area contributed by atoms with Gasteiger partial charge in [0.15, 0.2) is 0 Å². The van der Waals surface area contributed by atoms with Crippen LogP contribution in [0.3, 0.4) is 0 Å². The number of hydrogen-bond acceptors (Lipinski definition) is 4. The fourth-order valence-corrected chi connectivity index (χ4v) is 4.39. The van der Waals surface area contributed by atoms with Crippen LogP contribution >= 0.6 is 23.2 Å². The summed E-state index contributed by atoms with van der Waals surface area (Å²) in [4.78, 5) is 24.7. The fraction of sp³-hybridized carbons (Fsp3) is 0.133. The number of amides is 4. The first-order chi connectivity index (χ1) is 19.3. The average Bonchev–Trinajstić information content (AvgIpc) is 2.93. The maximum atomic E-state index is 12.3. The van der Waals surface area contributed by atoms with E-state index in [0.29, 0.717) is 44.3 Å².